The van der Waals surface area contributed by atoms with Crippen LogP contribution in [0.2, 0.25) is 3.12 Å². The maximum Gasteiger partial charge on any atom is -1.00 e. The summed E-state index contributed by atoms with van der Waals surface area (Å²) in [4.78, 5) is 3.80. The number of halogens is 2. The Morgan fingerprint density at radius 1 is 0.963 bits per heavy atom. The Morgan fingerprint density at radius 2 is 1.52 bits per heavy atom. The van der Waals surface area contributed by atoms with Crippen molar-refractivity contribution in [3.8, 4) is 0 Å². The molecule has 0 aliphatic heterocycles. The van der Waals surface area contributed by atoms with E-state index in [0.29, 0.717) is 3.12 Å². The molecule has 3 rings (SSSR count). The van der Waals surface area contributed by atoms with Crippen molar-refractivity contribution in [3.05, 3.63) is 39.6 Å². The van der Waals surface area contributed by atoms with Crippen LogP contribution in [-0.4, -0.2) is 4.98 Å². The van der Waals surface area contributed by atoms with Gasteiger partial charge < -0.3 is 24.8 Å². The summed E-state index contributed by atoms with van der Waals surface area (Å²) in [6, 6.07) is 0. The summed E-state index contributed by atoms with van der Waals surface area (Å²) in [6.45, 7) is 23.9. The van der Waals surface area contributed by atoms with Gasteiger partial charge in [0.2, 0.25) is 0 Å². The number of nitrogens with one attached hydrogen (secondary N) is 1. The van der Waals surface area contributed by atoms with E-state index in [1.165, 1.54) is 12.0 Å². The van der Waals surface area contributed by atoms with Crippen LogP contribution in [0.1, 0.15) is 86.8 Å². The molecule has 0 radical (unpaired) electrons. The summed E-state index contributed by atoms with van der Waals surface area (Å²) < 4.78 is 2.07. The molecule has 0 aromatic carbocycles. The van der Waals surface area contributed by atoms with Gasteiger partial charge in [0.05, 0.1) is 0 Å². The molecule has 1 aromatic heterocycles. The molecule has 150 valence electrons. The van der Waals surface area contributed by atoms with E-state index in [2.05, 4.69) is 80.4 Å². The van der Waals surface area contributed by atoms with Crippen LogP contribution in [0.25, 0.3) is 0 Å². The van der Waals surface area contributed by atoms with E-state index in [1.54, 1.807) is 31.3 Å². The molecule has 0 amide bonds. The van der Waals surface area contributed by atoms with Crippen LogP contribution in [0.5, 0.6) is 0 Å². The third-order valence-corrected chi connectivity index (χ3v) is 12.1. The molecular formula is C23H35Cl2NZr. The second kappa shape index (κ2) is 7.81. The summed E-state index contributed by atoms with van der Waals surface area (Å²) in [5.41, 5.74) is 10.2. The fourth-order valence-electron chi connectivity index (χ4n) is 5.02. The van der Waals surface area contributed by atoms with Crippen LogP contribution < -0.4 is 28.2 Å². The summed E-state index contributed by atoms with van der Waals surface area (Å²) in [5.74, 6) is 0.815. The molecule has 1 heterocycles. The van der Waals surface area contributed by atoms with Crippen LogP contribution in [0.15, 0.2) is 28.5 Å². The van der Waals surface area contributed by atoms with Crippen LogP contribution in [0.4, 0.5) is 0 Å². The van der Waals surface area contributed by atoms with E-state index in [4.69, 9.17) is 0 Å². The minimum absolute atomic E-state index is 0. The van der Waals surface area contributed by atoms with Gasteiger partial charge in [-0.25, -0.2) is 0 Å². The predicted molar refractivity (Wildman–Crippen MR) is 105 cm³/mol. The van der Waals surface area contributed by atoms with Gasteiger partial charge in [0.1, 0.15) is 0 Å². The van der Waals surface area contributed by atoms with Crippen LogP contribution >= 0.6 is 0 Å². The number of hydrogen-bond donors (Lipinski definition) is 1. The Kier molecular flexibility index (Phi) is 7.31. The van der Waals surface area contributed by atoms with E-state index < -0.39 is 23.2 Å². The maximum absolute atomic E-state index is 3.80. The first kappa shape index (κ1) is 25.3. The molecule has 4 heteroatoms. The van der Waals surface area contributed by atoms with Crippen molar-refractivity contribution in [2.75, 3.05) is 0 Å². The number of fused-ring (bicyclic) bond motifs is 1. The smallest absolute Gasteiger partial charge is 1.00 e. The SMILES string of the molecule is CC1=C(C)[C]2([Zr+2][c]3[nH]cc(C(C)(C)C)c3C(C)(C)C)C(=C1C)CC2C.[Cl-].[Cl-]. The largest absolute Gasteiger partial charge is 1.00 e. The van der Waals surface area contributed by atoms with Gasteiger partial charge in [-0.15, -0.1) is 0 Å². The van der Waals surface area contributed by atoms with Gasteiger partial charge in [-0.2, -0.15) is 0 Å². The van der Waals surface area contributed by atoms with Gasteiger partial charge in [0.15, 0.2) is 0 Å². The minimum Gasteiger partial charge on any atom is -1.00 e. The van der Waals surface area contributed by atoms with Crippen molar-refractivity contribution < 1.29 is 48.0 Å². The van der Waals surface area contributed by atoms with Gasteiger partial charge in [-0.1, -0.05) is 0 Å². The van der Waals surface area contributed by atoms with Crippen molar-refractivity contribution in [2.24, 2.45) is 5.92 Å². The molecule has 2 atom stereocenters. The molecule has 2 aliphatic carbocycles. The molecule has 1 nitrogen and oxygen atoms in total. The Labute approximate surface area is 190 Å². The minimum atomic E-state index is -0.826. The van der Waals surface area contributed by atoms with Gasteiger partial charge in [0, 0.05) is 0 Å². The van der Waals surface area contributed by atoms with Crippen LogP contribution in [-0.2, 0) is 34.1 Å². The number of aromatic amines is 1. The van der Waals surface area contributed by atoms with Crippen LogP contribution in [0.3, 0.4) is 0 Å². The topological polar surface area (TPSA) is 15.8 Å². The van der Waals surface area contributed by atoms with Crippen molar-refractivity contribution in [2.45, 2.75) is 89.6 Å². The maximum atomic E-state index is 3.80. The molecule has 0 bridgehead atoms. The monoisotopic (exact) mass is 485 g/mol. The van der Waals surface area contributed by atoms with Gasteiger partial charge in [-0.05, 0) is 0 Å². The molecule has 2 aliphatic rings. The van der Waals surface area contributed by atoms with Gasteiger partial charge >= 0.3 is 167 Å². The zero-order valence-electron chi connectivity index (χ0n) is 18.6. The third-order valence-electron chi connectivity index (χ3n) is 6.66. The summed E-state index contributed by atoms with van der Waals surface area (Å²) in [5, 5.41) is 0. The Hall–Kier alpha value is 0.223. The molecular weight excluding hydrogens is 452 g/mol. The predicted octanol–water partition coefficient (Wildman–Crippen LogP) is 0.191. The van der Waals surface area contributed by atoms with E-state index >= 15 is 0 Å². The quantitative estimate of drug-likeness (QED) is 0.613. The third kappa shape index (κ3) is 3.73. The number of hydrogen-bond acceptors (Lipinski definition) is 0. The first-order valence-corrected chi connectivity index (χ1v) is 12.2. The molecule has 1 N–H and O–H groups in total. The number of aromatic nitrogens is 1. The zero-order chi connectivity index (χ0) is 18.9. The second-order valence-electron chi connectivity index (χ2n) is 10.3. The Morgan fingerprint density at radius 3 is 1.93 bits per heavy atom. The van der Waals surface area contributed by atoms with Gasteiger partial charge in [-0.3, -0.25) is 0 Å². The van der Waals surface area contributed by atoms with Gasteiger partial charge in [0.25, 0.3) is 0 Å². The summed E-state index contributed by atoms with van der Waals surface area (Å²) >= 11 is -0.826. The molecule has 1 saturated carbocycles. The first-order valence-electron chi connectivity index (χ1n) is 9.71. The molecule has 1 fully saturated rings. The molecule has 2 unspecified atom stereocenters. The zero-order valence-corrected chi connectivity index (χ0v) is 22.6. The number of H-pyrrole nitrogens is 1. The summed E-state index contributed by atoms with van der Waals surface area (Å²) in [7, 11) is 0. The van der Waals surface area contributed by atoms with E-state index in [-0.39, 0.29) is 35.6 Å². The molecule has 0 saturated heterocycles. The van der Waals surface area contributed by atoms with E-state index in [0.717, 1.165) is 5.92 Å². The van der Waals surface area contributed by atoms with Crippen LogP contribution in [0, 0.1) is 5.92 Å². The normalized spacial score (nSPS) is 24.7. The fourth-order valence-corrected chi connectivity index (χ4v) is 10.8. The van der Waals surface area contributed by atoms with E-state index in [1.807, 2.05) is 0 Å². The molecule has 27 heavy (non-hydrogen) atoms. The van der Waals surface area contributed by atoms with Crippen molar-refractivity contribution in [1.29, 1.82) is 0 Å². The van der Waals surface area contributed by atoms with Crippen molar-refractivity contribution >= 4 is 3.40 Å². The van der Waals surface area contributed by atoms with E-state index in [9.17, 15) is 0 Å². The number of allylic oxidation sites excluding steroid dienone is 4. The van der Waals surface area contributed by atoms with Crippen molar-refractivity contribution in [3.63, 3.8) is 0 Å². The Bertz CT molecular complexity index is 766. The average Bonchev–Trinajstić information content (AvgIpc) is 2.96. The van der Waals surface area contributed by atoms with Crippen molar-refractivity contribution in [1.82, 2.24) is 4.98 Å². The number of rotatable bonds is 2. The standard InChI is InChI=1S/C12H20N.C11H15.2ClH.Zr/c1-11(2,3)9-7-13-8-10(9)12(4,5)6;1-6-5-10-8(3)7(2)9(4)11(6)10;;;/h7,13H,1-6H3;6H,5H2,1-4H3;2*1H;/q;;;;+2/p-2. The Balaban J connectivity index is 0.00000182. The first-order chi connectivity index (χ1) is 11.3. The fraction of sp³-hybridized carbons (Fsp3) is 0.652. The molecule has 0 spiro atoms. The second-order valence-corrected chi connectivity index (χ2v) is 14.1. The average molecular weight is 488 g/mol. The molecule has 1 aromatic rings. The summed E-state index contributed by atoms with van der Waals surface area (Å²) in [6.07, 6.45) is 3.65.